The Morgan fingerprint density at radius 3 is 2.59 bits per heavy atom. The van der Waals surface area contributed by atoms with E-state index in [4.69, 9.17) is 17.0 Å². The third-order valence-electron chi connectivity index (χ3n) is 4.40. The molecule has 1 saturated heterocycles. The average molecular weight is 401 g/mol. The molecule has 0 aromatic heterocycles. The molecule has 2 aromatic rings. The zero-order valence-electron chi connectivity index (χ0n) is 15.1. The van der Waals surface area contributed by atoms with Crippen LogP contribution < -0.4 is 9.84 Å². The van der Waals surface area contributed by atoms with Crippen molar-refractivity contribution in [2.45, 2.75) is 19.9 Å². The summed E-state index contributed by atoms with van der Waals surface area (Å²) in [6, 6.07) is 10.5. The first kappa shape index (κ1) is 19.4. The van der Waals surface area contributed by atoms with Crippen LogP contribution in [0.3, 0.4) is 0 Å². The number of carbonyl (C=O) groups is 2. The number of hydrogen-bond acceptors (Lipinski definition) is 6. The molecule has 0 N–H and O–H groups in total. The first-order valence-electron chi connectivity index (χ1n) is 8.38. The van der Waals surface area contributed by atoms with Gasteiger partial charge in [0, 0.05) is 5.56 Å². The van der Waals surface area contributed by atoms with Gasteiger partial charge in [-0.2, -0.15) is 0 Å². The Morgan fingerprint density at radius 2 is 1.96 bits per heavy atom. The molecule has 0 unspecified atom stereocenters. The summed E-state index contributed by atoms with van der Waals surface area (Å²) >= 11 is 6.38. The van der Waals surface area contributed by atoms with Gasteiger partial charge in [0.1, 0.15) is 10.1 Å². The Kier molecular flexibility index (Phi) is 5.53. The summed E-state index contributed by atoms with van der Waals surface area (Å²) in [5, 5.41) is 13.5. The number of fused-ring (bicyclic) bond motifs is 1. The van der Waals surface area contributed by atoms with Crippen LogP contribution in [0.4, 0.5) is 0 Å². The fraction of sp³-hybridized carbons (Fsp3) is 0.250. The second-order valence-electron chi connectivity index (χ2n) is 6.46. The third kappa shape index (κ3) is 3.57. The number of ether oxygens (including phenoxy) is 1. The van der Waals surface area contributed by atoms with Crippen LogP contribution in [0.5, 0.6) is 5.75 Å². The summed E-state index contributed by atoms with van der Waals surface area (Å²) in [7, 11) is 1.57. The van der Waals surface area contributed by atoms with Crippen LogP contribution in [-0.2, 0) is 9.59 Å². The molecule has 2 aromatic carbocycles. The normalized spacial score (nSPS) is 17.2. The highest BCUT2D eigenvalue weighted by molar-refractivity contribution is 8.26. The number of benzene rings is 2. The van der Waals surface area contributed by atoms with E-state index in [0.717, 1.165) is 33.0 Å². The van der Waals surface area contributed by atoms with Crippen LogP contribution in [0.1, 0.15) is 19.4 Å². The third-order valence-corrected chi connectivity index (χ3v) is 5.73. The number of aliphatic carboxylic acids is 1. The summed E-state index contributed by atoms with van der Waals surface area (Å²) in [5.41, 5.74) is 0.755. The maximum atomic E-state index is 12.9. The van der Waals surface area contributed by atoms with Gasteiger partial charge >= 0.3 is 0 Å². The van der Waals surface area contributed by atoms with Crippen LogP contribution in [-0.4, -0.2) is 34.2 Å². The molecule has 0 bridgehead atoms. The van der Waals surface area contributed by atoms with Crippen molar-refractivity contribution in [2.75, 3.05) is 7.11 Å². The molecule has 1 heterocycles. The Balaban J connectivity index is 2.09. The average Bonchev–Trinajstić information content (AvgIpc) is 2.89. The SMILES string of the molecule is COc1ccc2ccccc2c1/C=C1\SC(=S)N([C@@H](C(=O)[O-])C(C)C)C1=O. The number of hydrogen-bond donors (Lipinski definition) is 0. The first-order valence-corrected chi connectivity index (χ1v) is 9.61. The van der Waals surface area contributed by atoms with Crippen molar-refractivity contribution >= 4 is 57.0 Å². The van der Waals surface area contributed by atoms with Crippen LogP contribution in [0.2, 0.25) is 0 Å². The zero-order valence-corrected chi connectivity index (χ0v) is 16.7. The quantitative estimate of drug-likeness (QED) is 0.568. The smallest absolute Gasteiger partial charge is 0.266 e. The molecule has 27 heavy (non-hydrogen) atoms. The molecule has 1 atom stereocenters. The summed E-state index contributed by atoms with van der Waals surface area (Å²) < 4.78 is 5.68. The number of methoxy groups -OCH3 is 1. The molecular weight excluding hydrogens is 382 g/mol. The van der Waals surface area contributed by atoms with Crippen molar-refractivity contribution in [3.8, 4) is 5.75 Å². The summed E-state index contributed by atoms with van der Waals surface area (Å²) in [5.74, 6) is -1.45. The lowest BCUT2D eigenvalue weighted by Crippen LogP contribution is -2.52. The van der Waals surface area contributed by atoms with Gasteiger partial charge < -0.3 is 14.6 Å². The topological polar surface area (TPSA) is 69.7 Å². The van der Waals surface area contributed by atoms with E-state index < -0.39 is 17.9 Å². The van der Waals surface area contributed by atoms with Gasteiger partial charge in [-0.05, 0) is 28.8 Å². The highest BCUT2D eigenvalue weighted by Crippen LogP contribution is 2.38. The van der Waals surface area contributed by atoms with Gasteiger partial charge in [-0.1, -0.05) is 68.2 Å². The molecule has 1 aliphatic rings. The monoisotopic (exact) mass is 400 g/mol. The summed E-state index contributed by atoms with van der Waals surface area (Å²) in [4.78, 5) is 26.0. The van der Waals surface area contributed by atoms with E-state index in [9.17, 15) is 14.7 Å². The highest BCUT2D eigenvalue weighted by Gasteiger charge is 2.39. The van der Waals surface area contributed by atoms with Crippen molar-refractivity contribution in [1.82, 2.24) is 4.90 Å². The van der Waals surface area contributed by atoms with E-state index in [1.165, 1.54) is 0 Å². The standard InChI is InChI=1S/C20H19NO4S2/c1-11(2)17(19(23)24)21-18(22)16(27-20(21)26)10-14-13-7-5-4-6-12(13)8-9-15(14)25-3/h4-11,17H,1-3H3,(H,23,24)/p-1/b16-10-/t17-/m1/s1. The Morgan fingerprint density at radius 1 is 1.26 bits per heavy atom. The molecular formula is C20H18NO4S2-. The van der Waals surface area contributed by atoms with E-state index in [2.05, 4.69) is 0 Å². The van der Waals surface area contributed by atoms with Crippen LogP contribution in [0.25, 0.3) is 16.8 Å². The van der Waals surface area contributed by atoms with E-state index >= 15 is 0 Å². The van der Waals surface area contributed by atoms with Gasteiger partial charge in [0.15, 0.2) is 0 Å². The van der Waals surface area contributed by atoms with E-state index in [-0.39, 0.29) is 10.2 Å². The van der Waals surface area contributed by atoms with Gasteiger partial charge in [-0.3, -0.25) is 9.69 Å². The number of carboxylic acid groups (broad SMARTS) is 1. The van der Waals surface area contributed by atoms with Gasteiger partial charge in [0.2, 0.25) is 0 Å². The lowest BCUT2D eigenvalue weighted by Gasteiger charge is -2.30. The van der Waals surface area contributed by atoms with Crippen LogP contribution in [0.15, 0.2) is 41.3 Å². The second kappa shape index (κ2) is 7.70. The van der Waals surface area contributed by atoms with Crippen molar-refractivity contribution < 1.29 is 19.4 Å². The van der Waals surface area contributed by atoms with Gasteiger partial charge in [-0.15, -0.1) is 0 Å². The van der Waals surface area contributed by atoms with Gasteiger partial charge in [0.05, 0.1) is 24.0 Å². The lowest BCUT2D eigenvalue weighted by atomic mass is 10.0. The molecule has 5 nitrogen and oxygen atoms in total. The minimum Gasteiger partial charge on any atom is -0.548 e. The largest absolute Gasteiger partial charge is 0.548 e. The number of carbonyl (C=O) groups excluding carboxylic acids is 2. The van der Waals surface area contributed by atoms with Crippen molar-refractivity contribution in [3.05, 3.63) is 46.9 Å². The van der Waals surface area contributed by atoms with E-state index in [1.54, 1.807) is 27.0 Å². The molecule has 140 valence electrons. The van der Waals surface area contributed by atoms with Crippen LogP contribution >= 0.6 is 24.0 Å². The Bertz CT molecular complexity index is 968. The molecule has 7 heteroatoms. The van der Waals surface area contributed by atoms with Crippen molar-refractivity contribution in [1.29, 1.82) is 0 Å². The van der Waals surface area contributed by atoms with Crippen molar-refractivity contribution in [2.24, 2.45) is 5.92 Å². The van der Waals surface area contributed by atoms with Gasteiger partial charge in [-0.25, -0.2) is 0 Å². The van der Waals surface area contributed by atoms with E-state index in [0.29, 0.717) is 10.7 Å². The lowest BCUT2D eigenvalue weighted by molar-refractivity contribution is -0.311. The first-order chi connectivity index (χ1) is 12.8. The number of carboxylic acids is 1. The molecule has 0 radical (unpaired) electrons. The summed E-state index contributed by atoms with van der Waals surface area (Å²) in [6.07, 6.45) is 1.72. The molecule has 1 aliphatic heterocycles. The number of rotatable bonds is 5. The molecule has 0 saturated carbocycles. The predicted octanol–water partition coefficient (Wildman–Crippen LogP) is 2.82. The molecule has 3 rings (SSSR count). The zero-order chi connectivity index (χ0) is 19.7. The highest BCUT2D eigenvalue weighted by atomic mass is 32.2. The number of thioether (sulfide) groups is 1. The molecule has 0 aliphatic carbocycles. The fourth-order valence-corrected chi connectivity index (χ4v) is 4.44. The maximum Gasteiger partial charge on any atom is 0.266 e. The number of nitrogens with zero attached hydrogens (tertiary/aromatic N) is 1. The van der Waals surface area contributed by atoms with Crippen molar-refractivity contribution in [3.63, 3.8) is 0 Å². The van der Waals surface area contributed by atoms with Gasteiger partial charge in [0.25, 0.3) is 5.91 Å². The molecule has 1 amide bonds. The number of thiocarbonyl (C=S) groups is 1. The number of amides is 1. The van der Waals surface area contributed by atoms with E-state index in [1.807, 2.05) is 36.4 Å². The minimum atomic E-state index is -1.31. The minimum absolute atomic E-state index is 0.216. The van der Waals surface area contributed by atoms with Crippen LogP contribution in [0, 0.1) is 5.92 Å². The second-order valence-corrected chi connectivity index (χ2v) is 8.14. The fourth-order valence-electron chi connectivity index (χ4n) is 3.13. The summed E-state index contributed by atoms with van der Waals surface area (Å²) in [6.45, 7) is 3.44. The maximum absolute atomic E-state index is 12.9. The Hall–Kier alpha value is -2.38. The predicted molar refractivity (Wildman–Crippen MR) is 109 cm³/mol. The molecule has 0 spiro atoms. The Labute approximate surface area is 167 Å². The molecule has 1 fully saturated rings.